The minimum Gasteiger partial charge on any atom is -0.507 e. The van der Waals surface area contributed by atoms with Crippen LogP contribution in [0.5, 0.6) is 17.2 Å². The molecule has 1 aromatic carbocycles. The zero-order valence-corrected chi connectivity index (χ0v) is 11.5. The van der Waals surface area contributed by atoms with Crippen LogP contribution in [0.15, 0.2) is 35.3 Å². The van der Waals surface area contributed by atoms with Gasteiger partial charge < -0.3 is 24.9 Å². The standard InChI is InChI=1S/C14H14N2O5/c1-20-8-3-4-10(12(5-8)21-2)16-14(19)9-7-15-13(18)6-11(9)17/h3-7H,1-2H3,(H,16,19)(H2,15,17,18). The fourth-order valence-corrected chi connectivity index (χ4v) is 1.73. The van der Waals surface area contributed by atoms with Gasteiger partial charge in [-0.1, -0.05) is 0 Å². The molecule has 0 saturated heterocycles. The molecule has 0 unspecified atom stereocenters. The molecule has 1 heterocycles. The molecular formula is C14H14N2O5. The molecule has 21 heavy (non-hydrogen) atoms. The third-order valence-electron chi connectivity index (χ3n) is 2.80. The minimum absolute atomic E-state index is 0.0486. The SMILES string of the molecule is COc1ccc(NC(=O)c2c[nH]c(=O)cc2O)c(OC)c1. The number of ether oxygens (including phenoxy) is 2. The topological polar surface area (TPSA) is 101 Å². The summed E-state index contributed by atoms with van der Waals surface area (Å²) in [6.07, 6.45) is 1.14. The number of carbonyl (C=O) groups excluding carboxylic acids is 1. The first-order valence-electron chi connectivity index (χ1n) is 6.00. The highest BCUT2D eigenvalue weighted by Crippen LogP contribution is 2.29. The lowest BCUT2D eigenvalue weighted by atomic mass is 10.2. The maximum Gasteiger partial charge on any atom is 0.261 e. The molecular weight excluding hydrogens is 276 g/mol. The van der Waals surface area contributed by atoms with Crippen molar-refractivity contribution >= 4 is 11.6 Å². The number of anilines is 1. The fraction of sp³-hybridized carbons (Fsp3) is 0.143. The Morgan fingerprint density at radius 3 is 2.62 bits per heavy atom. The largest absolute Gasteiger partial charge is 0.507 e. The molecule has 0 spiro atoms. The Morgan fingerprint density at radius 2 is 2.00 bits per heavy atom. The summed E-state index contributed by atoms with van der Waals surface area (Å²) in [6.45, 7) is 0. The van der Waals surface area contributed by atoms with E-state index in [1.165, 1.54) is 14.2 Å². The van der Waals surface area contributed by atoms with Gasteiger partial charge in [-0.15, -0.1) is 0 Å². The Balaban J connectivity index is 2.29. The van der Waals surface area contributed by atoms with Crippen molar-refractivity contribution in [3.05, 3.63) is 46.4 Å². The number of aromatic amines is 1. The second kappa shape index (κ2) is 6.00. The average molecular weight is 290 g/mol. The Labute approximate surface area is 120 Å². The number of pyridine rings is 1. The highest BCUT2D eigenvalue weighted by molar-refractivity contribution is 6.06. The number of amides is 1. The van der Waals surface area contributed by atoms with Crippen molar-refractivity contribution in [2.45, 2.75) is 0 Å². The monoisotopic (exact) mass is 290 g/mol. The molecule has 7 heteroatoms. The summed E-state index contributed by atoms with van der Waals surface area (Å²) < 4.78 is 10.2. The number of benzene rings is 1. The maximum absolute atomic E-state index is 12.1. The van der Waals surface area contributed by atoms with E-state index in [1.807, 2.05) is 0 Å². The molecule has 0 aliphatic heterocycles. The van der Waals surface area contributed by atoms with Crippen LogP contribution < -0.4 is 20.3 Å². The van der Waals surface area contributed by atoms with E-state index in [2.05, 4.69) is 10.3 Å². The Kier molecular flexibility index (Phi) is 4.13. The van der Waals surface area contributed by atoms with Gasteiger partial charge >= 0.3 is 0 Å². The number of carbonyl (C=O) groups is 1. The van der Waals surface area contributed by atoms with Crippen molar-refractivity contribution in [3.8, 4) is 17.2 Å². The van der Waals surface area contributed by atoms with Crippen molar-refractivity contribution in [3.63, 3.8) is 0 Å². The van der Waals surface area contributed by atoms with E-state index >= 15 is 0 Å². The van der Waals surface area contributed by atoms with Gasteiger partial charge in [0.05, 0.1) is 25.5 Å². The lowest BCUT2D eigenvalue weighted by Gasteiger charge is -2.12. The minimum atomic E-state index is -0.577. The van der Waals surface area contributed by atoms with E-state index in [1.54, 1.807) is 18.2 Å². The van der Waals surface area contributed by atoms with Crippen molar-refractivity contribution in [2.24, 2.45) is 0 Å². The van der Waals surface area contributed by atoms with Crippen LogP contribution in [-0.2, 0) is 0 Å². The summed E-state index contributed by atoms with van der Waals surface area (Å²) >= 11 is 0. The smallest absolute Gasteiger partial charge is 0.261 e. The molecule has 3 N–H and O–H groups in total. The quantitative estimate of drug-likeness (QED) is 0.789. The van der Waals surface area contributed by atoms with Gasteiger partial charge in [0.15, 0.2) is 0 Å². The predicted molar refractivity (Wildman–Crippen MR) is 76.2 cm³/mol. The van der Waals surface area contributed by atoms with E-state index in [-0.39, 0.29) is 5.56 Å². The number of aromatic nitrogens is 1. The summed E-state index contributed by atoms with van der Waals surface area (Å²) in [5, 5.41) is 12.2. The van der Waals surface area contributed by atoms with Crippen molar-refractivity contribution in [1.29, 1.82) is 0 Å². The maximum atomic E-state index is 12.1. The molecule has 1 amide bonds. The van der Waals surface area contributed by atoms with E-state index < -0.39 is 17.2 Å². The van der Waals surface area contributed by atoms with Gasteiger partial charge in [0, 0.05) is 18.3 Å². The lowest BCUT2D eigenvalue weighted by Crippen LogP contribution is -2.15. The third kappa shape index (κ3) is 3.14. The lowest BCUT2D eigenvalue weighted by molar-refractivity contribution is 0.102. The van der Waals surface area contributed by atoms with Gasteiger partial charge in [-0.3, -0.25) is 9.59 Å². The Bertz CT molecular complexity index is 724. The van der Waals surface area contributed by atoms with Crippen molar-refractivity contribution in [1.82, 2.24) is 4.98 Å². The van der Waals surface area contributed by atoms with Crippen LogP contribution in [0.1, 0.15) is 10.4 Å². The number of nitrogens with one attached hydrogen (secondary N) is 2. The van der Waals surface area contributed by atoms with E-state index in [9.17, 15) is 14.7 Å². The highest BCUT2D eigenvalue weighted by Gasteiger charge is 2.14. The van der Waals surface area contributed by atoms with Gasteiger partial charge in [-0.25, -0.2) is 0 Å². The number of hydrogen-bond acceptors (Lipinski definition) is 5. The first kappa shape index (κ1) is 14.4. The molecule has 0 aliphatic carbocycles. The zero-order chi connectivity index (χ0) is 15.4. The van der Waals surface area contributed by atoms with Gasteiger partial charge in [-0.05, 0) is 12.1 Å². The fourth-order valence-electron chi connectivity index (χ4n) is 1.73. The zero-order valence-electron chi connectivity index (χ0n) is 11.5. The second-order valence-electron chi connectivity index (χ2n) is 4.12. The summed E-state index contributed by atoms with van der Waals surface area (Å²) in [5.74, 6) is 0.0132. The number of aromatic hydroxyl groups is 1. The molecule has 1 aromatic heterocycles. The summed E-state index contributed by atoms with van der Waals surface area (Å²) in [4.78, 5) is 25.4. The molecule has 110 valence electrons. The molecule has 0 aliphatic rings. The molecule has 0 bridgehead atoms. The van der Waals surface area contributed by atoms with Gasteiger partial charge in [-0.2, -0.15) is 0 Å². The van der Waals surface area contributed by atoms with Crippen LogP contribution in [0.2, 0.25) is 0 Å². The highest BCUT2D eigenvalue weighted by atomic mass is 16.5. The van der Waals surface area contributed by atoms with Crippen LogP contribution in [-0.4, -0.2) is 30.2 Å². The van der Waals surface area contributed by atoms with Crippen LogP contribution in [0.4, 0.5) is 5.69 Å². The average Bonchev–Trinajstić information content (AvgIpc) is 2.47. The molecule has 2 aromatic rings. The van der Waals surface area contributed by atoms with Gasteiger partial charge in [0.25, 0.3) is 11.5 Å². The molecule has 2 rings (SSSR count). The van der Waals surface area contributed by atoms with Crippen molar-refractivity contribution in [2.75, 3.05) is 19.5 Å². The van der Waals surface area contributed by atoms with E-state index in [4.69, 9.17) is 9.47 Å². The predicted octanol–water partition coefficient (Wildman–Crippen LogP) is 1.35. The normalized spacial score (nSPS) is 10.0. The summed E-state index contributed by atoms with van der Waals surface area (Å²) in [7, 11) is 2.98. The molecule has 7 nitrogen and oxygen atoms in total. The molecule has 0 saturated carbocycles. The number of H-pyrrole nitrogens is 1. The number of rotatable bonds is 4. The Morgan fingerprint density at radius 1 is 1.24 bits per heavy atom. The van der Waals surface area contributed by atoms with Crippen molar-refractivity contribution < 1.29 is 19.4 Å². The third-order valence-corrected chi connectivity index (χ3v) is 2.80. The summed E-state index contributed by atoms with van der Waals surface area (Å²) in [6, 6.07) is 5.81. The summed E-state index contributed by atoms with van der Waals surface area (Å²) in [5.41, 5.74) is -0.132. The van der Waals surface area contributed by atoms with Gasteiger partial charge in [0.2, 0.25) is 0 Å². The van der Waals surface area contributed by atoms with E-state index in [0.29, 0.717) is 17.2 Å². The molecule has 0 radical (unpaired) electrons. The molecule has 0 fully saturated rings. The Hall–Kier alpha value is -2.96. The van der Waals surface area contributed by atoms with Crippen LogP contribution >= 0.6 is 0 Å². The number of hydrogen-bond donors (Lipinski definition) is 3. The van der Waals surface area contributed by atoms with Crippen LogP contribution in [0.25, 0.3) is 0 Å². The first-order chi connectivity index (χ1) is 10.0. The van der Waals surface area contributed by atoms with Crippen LogP contribution in [0, 0.1) is 0 Å². The second-order valence-corrected chi connectivity index (χ2v) is 4.12. The van der Waals surface area contributed by atoms with Crippen LogP contribution in [0.3, 0.4) is 0 Å². The van der Waals surface area contributed by atoms with Gasteiger partial charge in [0.1, 0.15) is 17.2 Å². The molecule has 0 atom stereocenters. The van der Waals surface area contributed by atoms with E-state index in [0.717, 1.165) is 12.3 Å². The number of methoxy groups -OCH3 is 2. The first-order valence-corrected chi connectivity index (χ1v) is 6.00.